The van der Waals surface area contributed by atoms with Gasteiger partial charge in [-0.2, -0.15) is 0 Å². The third kappa shape index (κ3) is 1.83. The Morgan fingerprint density at radius 1 is 1.33 bits per heavy atom. The van der Waals surface area contributed by atoms with Crippen LogP contribution < -0.4 is 5.73 Å². The Balaban J connectivity index is 2.36. The monoisotopic (exact) mass is 202 g/mol. The van der Waals surface area contributed by atoms with Crippen LogP contribution in [0.1, 0.15) is 17.0 Å². The van der Waals surface area contributed by atoms with E-state index < -0.39 is 0 Å². The van der Waals surface area contributed by atoms with Gasteiger partial charge in [0.2, 0.25) is 0 Å². The molecule has 15 heavy (non-hydrogen) atoms. The predicted molar refractivity (Wildman–Crippen MR) is 59.4 cm³/mol. The molecule has 78 valence electrons. The summed E-state index contributed by atoms with van der Waals surface area (Å²) in [6.45, 7) is 2.04. The molecule has 0 unspecified atom stereocenters. The minimum atomic E-state index is 0.595. The molecule has 0 aliphatic carbocycles. The van der Waals surface area contributed by atoms with Gasteiger partial charge in [0.05, 0.1) is 0 Å². The summed E-state index contributed by atoms with van der Waals surface area (Å²) in [5.74, 6) is 1.59. The van der Waals surface area contributed by atoms with E-state index in [-0.39, 0.29) is 0 Å². The van der Waals surface area contributed by atoms with Crippen molar-refractivity contribution in [2.24, 2.45) is 7.05 Å². The Morgan fingerprint density at radius 2 is 2.13 bits per heavy atom. The first-order valence-corrected chi connectivity index (χ1v) is 4.84. The molecule has 2 N–H and O–H groups in total. The number of nitrogens with zero attached hydrogens (tertiary/aromatic N) is 3. The molecular formula is C11H14N4. The van der Waals surface area contributed by atoms with Crippen LogP contribution in [0.3, 0.4) is 0 Å². The number of aryl methyl sites for hydroxylation is 2. The van der Waals surface area contributed by atoms with Crippen molar-refractivity contribution in [3.8, 4) is 0 Å². The highest BCUT2D eigenvalue weighted by atomic mass is 15.0. The van der Waals surface area contributed by atoms with E-state index >= 15 is 0 Å². The van der Waals surface area contributed by atoms with Crippen LogP contribution in [0.15, 0.2) is 24.7 Å². The van der Waals surface area contributed by atoms with Crippen LogP contribution in [0.4, 0.5) is 5.82 Å². The number of anilines is 1. The highest BCUT2D eigenvalue weighted by molar-refractivity contribution is 5.45. The fourth-order valence-corrected chi connectivity index (χ4v) is 1.56. The van der Waals surface area contributed by atoms with Gasteiger partial charge in [-0.05, 0) is 18.6 Å². The predicted octanol–water partition coefficient (Wildman–Crippen LogP) is 1.30. The molecule has 0 saturated heterocycles. The highest BCUT2D eigenvalue weighted by Crippen LogP contribution is 2.16. The maximum absolute atomic E-state index is 5.84. The average molecular weight is 202 g/mol. The second kappa shape index (κ2) is 3.73. The van der Waals surface area contributed by atoms with Crippen molar-refractivity contribution in [2.75, 3.05) is 5.73 Å². The first-order valence-electron chi connectivity index (χ1n) is 4.84. The third-order valence-corrected chi connectivity index (χ3v) is 2.58. The fraction of sp³-hybridized carbons (Fsp3) is 0.273. The summed E-state index contributed by atoms with van der Waals surface area (Å²) >= 11 is 0. The molecule has 0 aliphatic rings. The topological polar surface area (TPSA) is 56.7 Å². The van der Waals surface area contributed by atoms with Crippen molar-refractivity contribution in [2.45, 2.75) is 13.3 Å². The lowest BCUT2D eigenvalue weighted by atomic mass is 10.1. The van der Waals surface area contributed by atoms with Gasteiger partial charge in [-0.15, -0.1) is 0 Å². The van der Waals surface area contributed by atoms with E-state index in [0.29, 0.717) is 5.82 Å². The average Bonchev–Trinajstić information content (AvgIpc) is 2.58. The summed E-state index contributed by atoms with van der Waals surface area (Å²) in [4.78, 5) is 8.36. The molecule has 0 atom stereocenters. The van der Waals surface area contributed by atoms with Crippen molar-refractivity contribution in [1.82, 2.24) is 14.5 Å². The number of imidazole rings is 1. The normalized spacial score (nSPS) is 10.5. The van der Waals surface area contributed by atoms with Gasteiger partial charge in [-0.1, -0.05) is 0 Å². The molecule has 2 aromatic heterocycles. The molecular weight excluding hydrogens is 188 g/mol. The highest BCUT2D eigenvalue weighted by Gasteiger charge is 2.07. The molecule has 0 radical (unpaired) electrons. The van der Waals surface area contributed by atoms with Gasteiger partial charge in [-0.3, -0.25) is 0 Å². The molecule has 0 bridgehead atoms. The molecule has 0 fully saturated rings. The molecule has 2 heterocycles. The number of nitrogen functional groups attached to an aromatic ring is 1. The number of nitrogens with two attached hydrogens (primary N) is 1. The molecule has 4 nitrogen and oxygen atoms in total. The summed E-state index contributed by atoms with van der Waals surface area (Å²) in [7, 11) is 1.98. The fourth-order valence-electron chi connectivity index (χ4n) is 1.56. The standard InChI is InChI=1S/C11H14N4/c1-8-3-4-14-11(12)9(8)7-10-13-5-6-15(10)2/h3-6H,7H2,1-2H3,(H2,12,14). The van der Waals surface area contributed by atoms with Crippen molar-refractivity contribution >= 4 is 5.82 Å². The van der Waals surface area contributed by atoms with Crippen molar-refractivity contribution < 1.29 is 0 Å². The van der Waals surface area contributed by atoms with Gasteiger partial charge >= 0.3 is 0 Å². The van der Waals surface area contributed by atoms with Crippen molar-refractivity contribution in [1.29, 1.82) is 0 Å². The largest absolute Gasteiger partial charge is 0.383 e. The SMILES string of the molecule is Cc1ccnc(N)c1Cc1nccn1C. The maximum atomic E-state index is 5.84. The Kier molecular flexibility index (Phi) is 2.41. The Labute approximate surface area is 88.8 Å². The van der Waals surface area contributed by atoms with Crippen LogP contribution in [-0.4, -0.2) is 14.5 Å². The van der Waals surface area contributed by atoms with Gasteiger partial charge in [0.25, 0.3) is 0 Å². The first-order chi connectivity index (χ1) is 7.18. The molecule has 0 aromatic carbocycles. The smallest absolute Gasteiger partial charge is 0.127 e. The van der Waals surface area contributed by atoms with Crippen molar-refractivity contribution in [3.63, 3.8) is 0 Å². The van der Waals surface area contributed by atoms with Crippen LogP contribution in [0.2, 0.25) is 0 Å². The van der Waals surface area contributed by atoms with Crippen LogP contribution in [0.5, 0.6) is 0 Å². The van der Waals surface area contributed by atoms with E-state index in [4.69, 9.17) is 5.73 Å². The summed E-state index contributed by atoms with van der Waals surface area (Å²) < 4.78 is 1.99. The first kappa shape index (κ1) is 9.71. The third-order valence-electron chi connectivity index (χ3n) is 2.58. The second-order valence-corrected chi connectivity index (χ2v) is 3.62. The number of rotatable bonds is 2. The zero-order valence-electron chi connectivity index (χ0n) is 8.94. The van der Waals surface area contributed by atoms with E-state index in [1.165, 1.54) is 0 Å². The molecule has 2 rings (SSSR count). The number of hydrogen-bond acceptors (Lipinski definition) is 3. The van der Waals surface area contributed by atoms with Crippen molar-refractivity contribution in [3.05, 3.63) is 41.6 Å². The lowest BCUT2D eigenvalue weighted by Crippen LogP contribution is -2.04. The molecule has 0 aliphatic heterocycles. The van der Waals surface area contributed by atoms with E-state index in [1.807, 2.05) is 30.8 Å². The van der Waals surface area contributed by atoms with E-state index in [2.05, 4.69) is 9.97 Å². The number of aromatic nitrogens is 3. The zero-order valence-corrected chi connectivity index (χ0v) is 8.94. The van der Waals surface area contributed by atoms with Gasteiger partial charge < -0.3 is 10.3 Å². The second-order valence-electron chi connectivity index (χ2n) is 3.62. The molecule has 0 spiro atoms. The minimum Gasteiger partial charge on any atom is -0.383 e. The summed E-state index contributed by atoms with van der Waals surface area (Å²) in [6, 6.07) is 1.97. The van der Waals surface area contributed by atoms with Gasteiger partial charge in [0, 0.05) is 37.6 Å². The van der Waals surface area contributed by atoms with Gasteiger partial charge in [-0.25, -0.2) is 9.97 Å². The van der Waals surface area contributed by atoms with E-state index in [9.17, 15) is 0 Å². The lowest BCUT2D eigenvalue weighted by Gasteiger charge is -2.07. The minimum absolute atomic E-state index is 0.595. The summed E-state index contributed by atoms with van der Waals surface area (Å²) in [5, 5.41) is 0. The molecule has 2 aromatic rings. The molecule has 0 amide bonds. The maximum Gasteiger partial charge on any atom is 0.127 e. The zero-order chi connectivity index (χ0) is 10.8. The van der Waals surface area contributed by atoms with Gasteiger partial charge in [0.15, 0.2) is 0 Å². The summed E-state index contributed by atoms with van der Waals surface area (Å²) in [5.41, 5.74) is 8.06. The van der Waals surface area contributed by atoms with Crippen LogP contribution in [0.25, 0.3) is 0 Å². The van der Waals surface area contributed by atoms with E-state index in [1.54, 1.807) is 12.4 Å². The lowest BCUT2D eigenvalue weighted by molar-refractivity contribution is 0.819. The molecule has 0 saturated carbocycles. The Bertz CT molecular complexity index is 453. The number of pyridine rings is 1. The van der Waals surface area contributed by atoms with Crippen LogP contribution in [0, 0.1) is 6.92 Å². The van der Waals surface area contributed by atoms with E-state index in [0.717, 1.165) is 23.4 Å². The van der Waals surface area contributed by atoms with Gasteiger partial charge in [0.1, 0.15) is 11.6 Å². The summed E-state index contributed by atoms with van der Waals surface area (Å²) in [6.07, 6.45) is 6.18. The number of hydrogen-bond donors (Lipinski definition) is 1. The van der Waals surface area contributed by atoms with Crippen LogP contribution >= 0.6 is 0 Å². The van der Waals surface area contributed by atoms with Crippen LogP contribution in [-0.2, 0) is 13.5 Å². The quantitative estimate of drug-likeness (QED) is 0.798. The molecule has 4 heteroatoms. The Morgan fingerprint density at radius 3 is 2.73 bits per heavy atom. The Hall–Kier alpha value is -1.84.